The van der Waals surface area contributed by atoms with Crippen molar-refractivity contribution >= 4 is 38.1 Å². The molecule has 4 nitrogen and oxygen atoms in total. The minimum Gasteiger partial charge on any atom is -0.399 e. The van der Waals surface area contributed by atoms with Crippen molar-refractivity contribution in [3.8, 4) is 5.69 Å². The third-order valence-corrected chi connectivity index (χ3v) is 4.48. The summed E-state index contributed by atoms with van der Waals surface area (Å²) in [6.45, 7) is -0.115. The Kier molecular flexibility index (Phi) is 2.70. The molecule has 0 radical (unpaired) electrons. The molecule has 104 valence electrons. The molecular weight excluding hydrogens is 282 g/mol. The average Bonchev–Trinajstić information content (AvgIpc) is 3.09. The molecule has 2 aromatic carbocycles. The zero-order valence-corrected chi connectivity index (χ0v) is 12.0. The predicted molar refractivity (Wildman–Crippen MR) is 86.8 cm³/mol. The number of aliphatic hydroxyl groups excluding tert-OH is 1. The van der Waals surface area contributed by atoms with Gasteiger partial charge in [0.2, 0.25) is 0 Å². The molecule has 0 aliphatic heterocycles. The molecule has 0 atom stereocenters. The Bertz CT molecular complexity index is 955. The SMILES string of the molecule is Nc1ccc2c(c1)nc(CO)n2-c1ccc2sccc2c1. The Hall–Kier alpha value is -2.37. The van der Waals surface area contributed by atoms with Gasteiger partial charge in [0.05, 0.1) is 11.0 Å². The second kappa shape index (κ2) is 4.58. The number of fused-ring (bicyclic) bond motifs is 2. The Morgan fingerprint density at radius 1 is 1.14 bits per heavy atom. The van der Waals surface area contributed by atoms with Crippen molar-refractivity contribution in [1.82, 2.24) is 9.55 Å². The fourth-order valence-corrected chi connectivity index (χ4v) is 3.41. The van der Waals surface area contributed by atoms with Crippen LogP contribution in [0.5, 0.6) is 0 Å². The van der Waals surface area contributed by atoms with Crippen LogP contribution in [0.3, 0.4) is 0 Å². The Morgan fingerprint density at radius 3 is 2.90 bits per heavy atom. The highest BCUT2D eigenvalue weighted by Gasteiger charge is 2.12. The largest absolute Gasteiger partial charge is 0.399 e. The van der Waals surface area contributed by atoms with E-state index in [0.29, 0.717) is 11.5 Å². The maximum atomic E-state index is 9.61. The molecule has 0 bridgehead atoms. The molecule has 0 aliphatic rings. The van der Waals surface area contributed by atoms with Crippen molar-refractivity contribution in [2.24, 2.45) is 0 Å². The van der Waals surface area contributed by atoms with Gasteiger partial charge < -0.3 is 10.8 Å². The highest BCUT2D eigenvalue weighted by atomic mass is 32.1. The molecule has 2 aromatic heterocycles. The van der Waals surface area contributed by atoms with Crippen molar-refractivity contribution in [2.75, 3.05) is 5.73 Å². The molecule has 3 N–H and O–H groups in total. The lowest BCUT2D eigenvalue weighted by Crippen LogP contribution is -2.00. The van der Waals surface area contributed by atoms with Crippen molar-refractivity contribution < 1.29 is 5.11 Å². The standard InChI is InChI=1S/C16H13N3OS/c17-11-1-3-14-13(8-11)18-16(9-20)19(14)12-2-4-15-10(7-12)5-6-21-15/h1-8,20H,9,17H2. The third kappa shape index (κ3) is 1.90. The van der Waals surface area contributed by atoms with E-state index in [1.807, 2.05) is 22.8 Å². The lowest BCUT2D eigenvalue weighted by molar-refractivity contribution is 0.270. The first-order valence-electron chi connectivity index (χ1n) is 6.61. The van der Waals surface area contributed by atoms with Crippen LogP contribution in [-0.4, -0.2) is 14.7 Å². The lowest BCUT2D eigenvalue weighted by atomic mass is 10.2. The van der Waals surface area contributed by atoms with Crippen LogP contribution in [0.2, 0.25) is 0 Å². The van der Waals surface area contributed by atoms with Gasteiger partial charge in [-0.3, -0.25) is 4.57 Å². The molecule has 0 unspecified atom stereocenters. The highest BCUT2D eigenvalue weighted by Crippen LogP contribution is 2.27. The summed E-state index contributed by atoms with van der Waals surface area (Å²) >= 11 is 1.72. The van der Waals surface area contributed by atoms with Gasteiger partial charge in [-0.15, -0.1) is 11.3 Å². The fraction of sp³-hybridized carbons (Fsp3) is 0.0625. The van der Waals surface area contributed by atoms with Crippen LogP contribution in [-0.2, 0) is 6.61 Å². The minimum atomic E-state index is -0.115. The number of nitrogens with two attached hydrogens (primary N) is 1. The van der Waals surface area contributed by atoms with Crippen LogP contribution in [0.4, 0.5) is 5.69 Å². The van der Waals surface area contributed by atoms with Gasteiger partial charge in [0.1, 0.15) is 12.4 Å². The first-order valence-corrected chi connectivity index (χ1v) is 7.49. The summed E-state index contributed by atoms with van der Waals surface area (Å²) in [7, 11) is 0. The van der Waals surface area contributed by atoms with E-state index in [1.165, 1.54) is 10.1 Å². The maximum absolute atomic E-state index is 9.61. The van der Waals surface area contributed by atoms with E-state index >= 15 is 0 Å². The van der Waals surface area contributed by atoms with Crippen molar-refractivity contribution in [3.63, 3.8) is 0 Å². The molecule has 2 heterocycles. The van der Waals surface area contributed by atoms with E-state index in [0.717, 1.165) is 16.7 Å². The van der Waals surface area contributed by atoms with Crippen LogP contribution in [0.1, 0.15) is 5.82 Å². The van der Waals surface area contributed by atoms with Gasteiger partial charge in [-0.1, -0.05) is 0 Å². The summed E-state index contributed by atoms with van der Waals surface area (Å²) in [5.74, 6) is 0.616. The molecule has 0 amide bonds. The van der Waals surface area contributed by atoms with Crippen LogP contribution in [0, 0.1) is 0 Å². The van der Waals surface area contributed by atoms with Crippen LogP contribution in [0.15, 0.2) is 47.8 Å². The summed E-state index contributed by atoms with van der Waals surface area (Å²) in [6.07, 6.45) is 0. The average molecular weight is 295 g/mol. The first kappa shape index (κ1) is 12.4. The molecule has 4 rings (SSSR count). The highest BCUT2D eigenvalue weighted by molar-refractivity contribution is 7.17. The molecule has 0 spiro atoms. The Balaban J connectivity index is 2.03. The van der Waals surface area contributed by atoms with E-state index in [4.69, 9.17) is 5.73 Å². The van der Waals surface area contributed by atoms with Gasteiger partial charge in [0, 0.05) is 16.1 Å². The molecule has 0 fully saturated rings. The van der Waals surface area contributed by atoms with Crippen LogP contribution < -0.4 is 5.73 Å². The maximum Gasteiger partial charge on any atom is 0.140 e. The van der Waals surface area contributed by atoms with Crippen LogP contribution in [0.25, 0.3) is 26.8 Å². The molecule has 0 saturated carbocycles. The molecular formula is C16H13N3OS. The van der Waals surface area contributed by atoms with Crippen LogP contribution >= 0.6 is 11.3 Å². The van der Waals surface area contributed by atoms with Crippen molar-refractivity contribution in [1.29, 1.82) is 0 Å². The van der Waals surface area contributed by atoms with E-state index in [-0.39, 0.29) is 6.61 Å². The number of imidazole rings is 1. The number of nitrogens with zero attached hydrogens (tertiary/aromatic N) is 2. The minimum absolute atomic E-state index is 0.115. The number of aromatic nitrogens is 2. The summed E-state index contributed by atoms with van der Waals surface area (Å²) in [5.41, 5.74) is 9.22. The van der Waals surface area contributed by atoms with Gasteiger partial charge in [-0.05, 0) is 53.2 Å². The molecule has 4 aromatic rings. The van der Waals surface area contributed by atoms with E-state index in [1.54, 1.807) is 11.3 Å². The summed E-state index contributed by atoms with van der Waals surface area (Å²) in [5, 5.41) is 12.9. The lowest BCUT2D eigenvalue weighted by Gasteiger charge is -2.08. The third-order valence-electron chi connectivity index (χ3n) is 3.58. The van der Waals surface area contributed by atoms with Crippen molar-refractivity contribution in [3.05, 3.63) is 53.7 Å². The number of hydrogen-bond acceptors (Lipinski definition) is 4. The van der Waals surface area contributed by atoms with Gasteiger partial charge in [0.15, 0.2) is 0 Å². The van der Waals surface area contributed by atoms with Gasteiger partial charge >= 0.3 is 0 Å². The predicted octanol–water partition coefficient (Wildman–Crippen LogP) is 3.31. The number of rotatable bonds is 2. The number of benzene rings is 2. The number of anilines is 1. The molecule has 0 saturated heterocycles. The summed E-state index contributed by atoms with van der Waals surface area (Å²) in [4.78, 5) is 4.47. The number of thiophene rings is 1. The number of nitrogen functional groups attached to an aromatic ring is 1. The molecule has 0 aliphatic carbocycles. The number of hydrogen-bond donors (Lipinski definition) is 2. The topological polar surface area (TPSA) is 64.1 Å². The zero-order chi connectivity index (χ0) is 14.4. The quantitative estimate of drug-likeness (QED) is 0.558. The summed E-state index contributed by atoms with van der Waals surface area (Å²) in [6, 6.07) is 14.0. The van der Waals surface area contributed by atoms with E-state index in [2.05, 4.69) is 34.6 Å². The first-order chi connectivity index (χ1) is 10.3. The van der Waals surface area contributed by atoms with Gasteiger partial charge in [-0.25, -0.2) is 4.98 Å². The number of aliphatic hydroxyl groups is 1. The zero-order valence-electron chi connectivity index (χ0n) is 11.2. The fourth-order valence-electron chi connectivity index (χ4n) is 2.63. The Morgan fingerprint density at radius 2 is 2.05 bits per heavy atom. The molecule has 21 heavy (non-hydrogen) atoms. The van der Waals surface area contributed by atoms with E-state index in [9.17, 15) is 5.11 Å². The smallest absolute Gasteiger partial charge is 0.140 e. The second-order valence-electron chi connectivity index (χ2n) is 4.91. The Labute approximate surface area is 125 Å². The van der Waals surface area contributed by atoms with Crippen molar-refractivity contribution in [2.45, 2.75) is 6.61 Å². The second-order valence-corrected chi connectivity index (χ2v) is 5.86. The molecule has 5 heteroatoms. The van der Waals surface area contributed by atoms with E-state index < -0.39 is 0 Å². The normalized spacial score (nSPS) is 11.5. The summed E-state index contributed by atoms with van der Waals surface area (Å²) < 4.78 is 3.23. The van der Waals surface area contributed by atoms with Gasteiger partial charge in [0.25, 0.3) is 0 Å². The van der Waals surface area contributed by atoms with Gasteiger partial charge in [-0.2, -0.15) is 0 Å². The monoisotopic (exact) mass is 295 g/mol.